The second kappa shape index (κ2) is 4.53. The lowest BCUT2D eigenvalue weighted by molar-refractivity contribution is 0.617. The Morgan fingerprint density at radius 2 is 2.11 bits per heavy atom. The Morgan fingerprint density at radius 3 is 2.83 bits per heavy atom. The van der Waals surface area contributed by atoms with E-state index in [1.807, 2.05) is 12.1 Å². The van der Waals surface area contributed by atoms with Gasteiger partial charge in [-0.05, 0) is 24.3 Å². The molecule has 1 aromatic heterocycles. The van der Waals surface area contributed by atoms with Crippen LogP contribution < -0.4 is 5.32 Å². The van der Waals surface area contributed by atoms with Gasteiger partial charge in [-0.1, -0.05) is 6.92 Å². The smallest absolute Gasteiger partial charge is 0.123 e. The first-order chi connectivity index (χ1) is 8.79. The third-order valence-electron chi connectivity index (χ3n) is 3.36. The highest BCUT2D eigenvalue weighted by Gasteiger charge is 2.19. The first kappa shape index (κ1) is 11.4. The van der Waals surface area contributed by atoms with E-state index in [1.165, 1.54) is 17.8 Å². The zero-order chi connectivity index (χ0) is 12.5. The van der Waals surface area contributed by atoms with Gasteiger partial charge in [-0.2, -0.15) is 0 Å². The third kappa shape index (κ3) is 1.82. The number of hydrogen-bond acceptors (Lipinski definition) is 2. The monoisotopic (exact) mass is 245 g/mol. The maximum absolute atomic E-state index is 13.0. The molecule has 0 fully saturated rings. The van der Waals surface area contributed by atoms with Crippen molar-refractivity contribution in [1.29, 1.82) is 0 Å². The SMILES string of the molecule is CCc1nc2c(n1-c1ccc(F)cc1)CCNC2. The average molecular weight is 245 g/mol. The Balaban J connectivity index is 2.14. The van der Waals surface area contributed by atoms with Gasteiger partial charge in [0.05, 0.1) is 5.69 Å². The number of benzene rings is 1. The second-order valence-electron chi connectivity index (χ2n) is 4.51. The maximum Gasteiger partial charge on any atom is 0.123 e. The van der Waals surface area contributed by atoms with E-state index in [-0.39, 0.29) is 5.82 Å². The highest BCUT2D eigenvalue weighted by atomic mass is 19.1. The van der Waals surface area contributed by atoms with Crippen LogP contribution in [0.25, 0.3) is 5.69 Å². The van der Waals surface area contributed by atoms with Crippen LogP contribution in [0.2, 0.25) is 0 Å². The topological polar surface area (TPSA) is 29.9 Å². The van der Waals surface area contributed by atoms with Gasteiger partial charge in [-0.15, -0.1) is 0 Å². The molecule has 0 radical (unpaired) electrons. The first-order valence-corrected chi connectivity index (χ1v) is 6.35. The van der Waals surface area contributed by atoms with Crippen LogP contribution in [0, 0.1) is 5.82 Å². The van der Waals surface area contributed by atoms with Gasteiger partial charge in [-0.3, -0.25) is 0 Å². The summed E-state index contributed by atoms with van der Waals surface area (Å²) in [7, 11) is 0. The van der Waals surface area contributed by atoms with Gasteiger partial charge in [0.15, 0.2) is 0 Å². The summed E-state index contributed by atoms with van der Waals surface area (Å²) in [5.41, 5.74) is 3.39. The van der Waals surface area contributed by atoms with E-state index in [9.17, 15) is 4.39 Å². The van der Waals surface area contributed by atoms with Crippen LogP contribution in [-0.2, 0) is 19.4 Å². The lowest BCUT2D eigenvalue weighted by Gasteiger charge is -2.16. The number of aromatic nitrogens is 2. The van der Waals surface area contributed by atoms with Crippen LogP contribution in [0.3, 0.4) is 0 Å². The Kier molecular flexibility index (Phi) is 2.88. The van der Waals surface area contributed by atoms with Crippen molar-refractivity contribution < 1.29 is 4.39 Å². The molecule has 0 saturated heterocycles. The maximum atomic E-state index is 13.0. The van der Waals surface area contributed by atoms with Gasteiger partial charge in [-0.25, -0.2) is 9.37 Å². The molecule has 94 valence electrons. The van der Waals surface area contributed by atoms with Crippen LogP contribution in [-0.4, -0.2) is 16.1 Å². The minimum absolute atomic E-state index is 0.201. The van der Waals surface area contributed by atoms with Crippen molar-refractivity contribution in [1.82, 2.24) is 14.9 Å². The standard InChI is InChI=1S/C14H16FN3/c1-2-14-17-12-9-16-8-7-13(12)18(14)11-5-3-10(15)4-6-11/h3-6,16H,2,7-9H2,1H3. The molecule has 0 bridgehead atoms. The first-order valence-electron chi connectivity index (χ1n) is 6.35. The molecule has 0 aliphatic carbocycles. The minimum atomic E-state index is -0.201. The van der Waals surface area contributed by atoms with Crippen molar-refractivity contribution in [3.05, 3.63) is 47.3 Å². The van der Waals surface area contributed by atoms with Gasteiger partial charge >= 0.3 is 0 Å². The molecule has 1 aromatic carbocycles. The van der Waals surface area contributed by atoms with E-state index in [0.29, 0.717) is 0 Å². The molecule has 0 saturated carbocycles. The summed E-state index contributed by atoms with van der Waals surface area (Å²) in [6, 6.07) is 6.64. The van der Waals surface area contributed by atoms with Crippen LogP contribution >= 0.6 is 0 Å². The van der Waals surface area contributed by atoms with Gasteiger partial charge in [0.25, 0.3) is 0 Å². The van der Waals surface area contributed by atoms with E-state index in [4.69, 9.17) is 0 Å². The molecule has 0 spiro atoms. The normalized spacial score (nSPS) is 14.6. The molecule has 1 N–H and O–H groups in total. The van der Waals surface area contributed by atoms with E-state index in [2.05, 4.69) is 21.8 Å². The number of nitrogens with zero attached hydrogens (tertiary/aromatic N) is 2. The molecular formula is C14H16FN3. The largest absolute Gasteiger partial charge is 0.311 e. The van der Waals surface area contributed by atoms with Crippen molar-refractivity contribution in [2.24, 2.45) is 0 Å². The van der Waals surface area contributed by atoms with Crippen molar-refractivity contribution in [3.8, 4) is 5.69 Å². The fraction of sp³-hybridized carbons (Fsp3) is 0.357. The summed E-state index contributed by atoms with van der Waals surface area (Å²) in [5, 5.41) is 3.33. The van der Waals surface area contributed by atoms with Crippen molar-refractivity contribution in [3.63, 3.8) is 0 Å². The lowest BCUT2D eigenvalue weighted by atomic mass is 10.1. The Morgan fingerprint density at radius 1 is 1.33 bits per heavy atom. The van der Waals surface area contributed by atoms with Gasteiger partial charge in [0, 0.05) is 37.3 Å². The minimum Gasteiger partial charge on any atom is -0.311 e. The van der Waals surface area contributed by atoms with Crippen LogP contribution in [0.15, 0.2) is 24.3 Å². The molecule has 1 aliphatic rings. The van der Waals surface area contributed by atoms with Crippen molar-refractivity contribution >= 4 is 0 Å². The molecule has 2 aromatic rings. The van der Waals surface area contributed by atoms with E-state index >= 15 is 0 Å². The summed E-state index contributed by atoms with van der Waals surface area (Å²) in [6.07, 6.45) is 1.85. The molecule has 3 rings (SSSR count). The molecule has 0 atom stereocenters. The summed E-state index contributed by atoms with van der Waals surface area (Å²) in [5.74, 6) is 0.850. The second-order valence-corrected chi connectivity index (χ2v) is 4.51. The van der Waals surface area contributed by atoms with Gasteiger partial charge < -0.3 is 9.88 Å². The van der Waals surface area contributed by atoms with E-state index in [0.717, 1.165) is 43.1 Å². The predicted molar refractivity (Wildman–Crippen MR) is 68.3 cm³/mol. The quantitative estimate of drug-likeness (QED) is 0.879. The van der Waals surface area contributed by atoms with Gasteiger partial charge in [0.1, 0.15) is 11.6 Å². The summed E-state index contributed by atoms with van der Waals surface area (Å²) < 4.78 is 15.2. The highest BCUT2D eigenvalue weighted by Crippen LogP contribution is 2.22. The number of imidazole rings is 1. The predicted octanol–water partition coefficient (Wildman–Crippen LogP) is 2.22. The fourth-order valence-corrected chi connectivity index (χ4v) is 2.50. The average Bonchev–Trinajstić information content (AvgIpc) is 2.78. The molecule has 2 heterocycles. The number of nitrogens with one attached hydrogen (secondary N) is 1. The van der Waals surface area contributed by atoms with Crippen LogP contribution in [0.5, 0.6) is 0 Å². The van der Waals surface area contributed by atoms with Crippen LogP contribution in [0.4, 0.5) is 4.39 Å². The zero-order valence-corrected chi connectivity index (χ0v) is 10.4. The van der Waals surface area contributed by atoms with Gasteiger partial charge in [0.2, 0.25) is 0 Å². The van der Waals surface area contributed by atoms with E-state index in [1.54, 1.807) is 0 Å². The number of fused-ring (bicyclic) bond motifs is 1. The zero-order valence-electron chi connectivity index (χ0n) is 10.4. The molecule has 18 heavy (non-hydrogen) atoms. The van der Waals surface area contributed by atoms with E-state index < -0.39 is 0 Å². The Labute approximate surface area is 106 Å². The van der Waals surface area contributed by atoms with Crippen molar-refractivity contribution in [2.75, 3.05) is 6.54 Å². The Bertz CT molecular complexity index is 557. The van der Waals surface area contributed by atoms with Crippen molar-refractivity contribution in [2.45, 2.75) is 26.3 Å². The number of hydrogen-bond donors (Lipinski definition) is 1. The molecule has 1 aliphatic heterocycles. The summed E-state index contributed by atoms with van der Waals surface area (Å²) in [4.78, 5) is 4.67. The summed E-state index contributed by atoms with van der Waals surface area (Å²) >= 11 is 0. The number of rotatable bonds is 2. The lowest BCUT2D eigenvalue weighted by Crippen LogP contribution is -2.24. The number of aryl methyl sites for hydroxylation is 1. The molecule has 3 nitrogen and oxygen atoms in total. The molecule has 0 amide bonds. The molecular weight excluding hydrogens is 229 g/mol. The molecule has 4 heteroatoms. The summed E-state index contributed by atoms with van der Waals surface area (Å²) in [6.45, 7) is 3.90. The fourth-order valence-electron chi connectivity index (χ4n) is 2.50. The van der Waals surface area contributed by atoms with Crippen LogP contribution in [0.1, 0.15) is 24.1 Å². The highest BCUT2D eigenvalue weighted by molar-refractivity contribution is 5.38. The number of halogens is 1. The third-order valence-corrected chi connectivity index (χ3v) is 3.36. The molecule has 0 unspecified atom stereocenters. The Hall–Kier alpha value is -1.68.